The minimum absolute atomic E-state index is 0.0290. The van der Waals surface area contributed by atoms with Gasteiger partial charge in [-0.2, -0.15) is 0 Å². The fourth-order valence-electron chi connectivity index (χ4n) is 1.68. The van der Waals surface area contributed by atoms with Gasteiger partial charge in [0.25, 0.3) is 5.69 Å². The van der Waals surface area contributed by atoms with E-state index < -0.39 is 4.92 Å². The summed E-state index contributed by atoms with van der Waals surface area (Å²) in [5.41, 5.74) is 1.72. The standard InChI is InChI=1S/C13H9BrCl2N2O2/c14-12-6-11(1-2-13(12)18(19)20)17-7-8-3-9(15)5-10(16)4-8/h1-6,17H,7H2. The van der Waals surface area contributed by atoms with E-state index in [1.165, 1.54) is 6.07 Å². The molecule has 0 heterocycles. The Balaban J connectivity index is 2.11. The molecule has 0 aliphatic rings. The lowest BCUT2D eigenvalue weighted by Crippen LogP contribution is -2.00. The van der Waals surface area contributed by atoms with Crippen molar-refractivity contribution in [3.63, 3.8) is 0 Å². The van der Waals surface area contributed by atoms with Crippen LogP contribution in [0.2, 0.25) is 10.0 Å². The summed E-state index contributed by atoms with van der Waals surface area (Å²) >= 11 is 15.0. The molecule has 0 radical (unpaired) electrons. The molecule has 0 amide bonds. The molecule has 0 saturated heterocycles. The van der Waals surface area contributed by atoms with E-state index in [9.17, 15) is 10.1 Å². The molecule has 2 rings (SSSR count). The van der Waals surface area contributed by atoms with E-state index in [4.69, 9.17) is 23.2 Å². The Morgan fingerprint density at radius 3 is 2.35 bits per heavy atom. The second-order valence-corrected chi connectivity index (χ2v) is 5.78. The van der Waals surface area contributed by atoms with E-state index >= 15 is 0 Å². The summed E-state index contributed by atoms with van der Waals surface area (Å²) in [4.78, 5) is 10.3. The molecule has 0 atom stereocenters. The second kappa shape index (κ2) is 6.43. The second-order valence-electron chi connectivity index (χ2n) is 4.05. The van der Waals surface area contributed by atoms with E-state index in [1.54, 1.807) is 30.3 Å². The van der Waals surface area contributed by atoms with Gasteiger partial charge in [-0.25, -0.2) is 0 Å². The summed E-state index contributed by atoms with van der Waals surface area (Å²) < 4.78 is 0.427. The predicted octanol–water partition coefficient (Wildman–Crippen LogP) is 5.28. The van der Waals surface area contributed by atoms with Gasteiger partial charge in [-0.15, -0.1) is 0 Å². The molecule has 2 aromatic rings. The first-order valence-electron chi connectivity index (χ1n) is 5.58. The van der Waals surface area contributed by atoms with E-state index in [1.807, 2.05) is 0 Å². The van der Waals surface area contributed by atoms with Crippen LogP contribution >= 0.6 is 39.1 Å². The van der Waals surface area contributed by atoms with Gasteiger partial charge in [0.1, 0.15) is 0 Å². The third-order valence-electron chi connectivity index (χ3n) is 2.56. The highest BCUT2D eigenvalue weighted by molar-refractivity contribution is 9.10. The highest BCUT2D eigenvalue weighted by atomic mass is 79.9. The van der Waals surface area contributed by atoms with Crippen LogP contribution in [-0.2, 0) is 6.54 Å². The number of nitrogens with zero attached hydrogens (tertiary/aromatic N) is 1. The Bertz CT molecular complexity index is 645. The largest absolute Gasteiger partial charge is 0.381 e. The monoisotopic (exact) mass is 374 g/mol. The predicted molar refractivity (Wildman–Crippen MR) is 84.6 cm³/mol. The maximum atomic E-state index is 10.7. The molecule has 2 aromatic carbocycles. The summed E-state index contributed by atoms with van der Waals surface area (Å²) in [7, 11) is 0. The molecule has 0 spiro atoms. The fraction of sp³-hybridized carbons (Fsp3) is 0.0769. The SMILES string of the molecule is O=[N+]([O-])c1ccc(NCc2cc(Cl)cc(Cl)c2)cc1Br. The van der Waals surface area contributed by atoms with Crippen LogP contribution in [-0.4, -0.2) is 4.92 Å². The third-order valence-corrected chi connectivity index (χ3v) is 3.63. The van der Waals surface area contributed by atoms with Crippen molar-refractivity contribution in [1.82, 2.24) is 0 Å². The first-order chi connectivity index (χ1) is 9.45. The van der Waals surface area contributed by atoms with Crippen molar-refractivity contribution in [3.05, 3.63) is 66.6 Å². The fourth-order valence-corrected chi connectivity index (χ4v) is 2.78. The molecule has 0 aliphatic heterocycles. The van der Waals surface area contributed by atoms with E-state index in [-0.39, 0.29) is 5.69 Å². The number of anilines is 1. The zero-order chi connectivity index (χ0) is 14.7. The number of hydrogen-bond donors (Lipinski definition) is 1. The van der Waals surface area contributed by atoms with Crippen molar-refractivity contribution < 1.29 is 4.92 Å². The average Bonchev–Trinajstić information content (AvgIpc) is 2.35. The Labute approximate surface area is 134 Å². The van der Waals surface area contributed by atoms with Crippen LogP contribution in [0.5, 0.6) is 0 Å². The molecule has 20 heavy (non-hydrogen) atoms. The molecule has 0 saturated carbocycles. The lowest BCUT2D eigenvalue weighted by molar-refractivity contribution is -0.385. The Morgan fingerprint density at radius 1 is 1.15 bits per heavy atom. The quantitative estimate of drug-likeness (QED) is 0.584. The van der Waals surface area contributed by atoms with Gasteiger partial charge in [0.2, 0.25) is 0 Å². The van der Waals surface area contributed by atoms with Crippen LogP contribution in [0.15, 0.2) is 40.9 Å². The molecule has 7 heteroatoms. The molecular formula is C13H9BrCl2N2O2. The van der Waals surface area contributed by atoms with Gasteiger partial charge in [-0.05, 0) is 51.8 Å². The van der Waals surface area contributed by atoms with E-state index in [2.05, 4.69) is 21.2 Å². The smallest absolute Gasteiger partial charge is 0.283 e. The Hall–Kier alpha value is -1.30. The Morgan fingerprint density at radius 2 is 1.80 bits per heavy atom. The van der Waals surface area contributed by atoms with Crippen LogP contribution in [0.1, 0.15) is 5.56 Å². The number of nitro groups is 1. The van der Waals surface area contributed by atoms with Crippen molar-refractivity contribution in [2.24, 2.45) is 0 Å². The summed E-state index contributed by atoms with van der Waals surface area (Å²) in [6.07, 6.45) is 0. The lowest BCUT2D eigenvalue weighted by Gasteiger charge is -2.08. The molecule has 0 bridgehead atoms. The number of hydrogen-bond acceptors (Lipinski definition) is 3. The summed E-state index contributed by atoms with van der Waals surface area (Å²) in [6, 6.07) is 10.0. The molecule has 0 fully saturated rings. The van der Waals surface area contributed by atoms with Crippen LogP contribution in [0, 0.1) is 10.1 Å². The summed E-state index contributed by atoms with van der Waals surface area (Å²) in [6.45, 7) is 0.518. The summed E-state index contributed by atoms with van der Waals surface area (Å²) in [5, 5.41) is 15.0. The molecule has 4 nitrogen and oxygen atoms in total. The Kier molecular flexibility index (Phi) is 4.86. The molecular weight excluding hydrogens is 367 g/mol. The average molecular weight is 376 g/mol. The van der Waals surface area contributed by atoms with Crippen molar-refractivity contribution >= 4 is 50.5 Å². The van der Waals surface area contributed by atoms with Crippen molar-refractivity contribution in [3.8, 4) is 0 Å². The van der Waals surface area contributed by atoms with Gasteiger partial charge in [0.05, 0.1) is 9.40 Å². The van der Waals surface area contributed by atoms with Gasteiger partial charge in [0.15, 0.2) is 0 Å². The number of benzene rings is 2. The first-order valence-corrected chi connectivity index (χ1v) is 7.13. The minimum atomic E-state index is -0.440. The number of nitrogens with one attached hydrogen (secondary N) is 1. The third kappa shape index (κ3) is 3.85. The van der Waals surface area contributed by atoms with Gasteiger partial charge in [-0.1, -0.05) is 23.2 Å². The van der Waals surface area contributed by atoms with E-state index in [0.717, 1.165) is 11.3 Å². The highest BCUT2D eigenvalue weighted by Crippen LogP contribution is 2.28. The van der Waals surface area contributed by atoms with Gasteiger partial charge >= 0.3 is 0 Å². The van der Waals surface area contributed by atoms with Crippen molar-refractivity contribution in [2.45, 2.75) is 6.54 Å². The van der Waals surface area contributed by atoms with Crippen LogP contribution < -0.4 is 5.32 Å². The normalized spacial score (nSPS) is 10.3. The van der Waals surface area contributed by atoms with Crippen LogP contribution in [0.3, 0.4) is 0 Å². The number of halogens is 3. The minimum Gasteiger partial charge on any atom is -0.381 e. The zero-order valence-corrected chi connectivity index (χ0v) is 13.2. The van der Waals surface area contributed by atoms with Gasteiger partial charge in [-0.3, -0.25) is 10.1 Å². The molecule has 0 unspecified atom stereocenters. The molecule has 104 valence electrons. The van der Waals surface area contributed by atoms with Gasteiger partial charge in [0, 0.05) is 28.3 Å². The number of rotatable bonds is 4. The topological polar surface area (TPSA) is 55.2 Å². The lowest BCUT2D eigenvalue weighted by atomic mass is 10.2. The molecule has 1 N–H and O–H groups in total. The molecule has 0 aromatic heterocycles. The maximum absolute atomic E-state index is 10.7. The van der Waals surface area contributed by atoms with Crippen molar-refractivity contribution in [1.29, 1.82) is 0 Å². The van der Waals surface area contributed by atoms with Crippen LogP contribution in [0.25, 0.3) is 0 Å². The van der Waals surface area contributed by atoms with Gasteiger partial charge < -0.3 is 5.32 Å². The first kappa shape index (κ1) is 15.1. The molecule has 0 aliphatic carbocycles. The zero-order valence-electron chi connectivity index (χ0n) is 10.1. The number of nitro benzene ring substituents is 1. The van der Waals surface area contributed by atoms with E-state index in [0.29, 0.717) is 21.1 Å². The van der Waals surface area contributed by atoms with Crippen LogP contribution in [0.4, 0.5) is 11.4 Å². The summed E-state index contributed by atoms with van der Waals surface area (Å²) in [5.74, 6) is 0. The highest BCUT2D eigenvalue weighted by Gasteiger charge is 2.11. The maximum Gasteiger partial charge on any atom is 0.283 e. The van der Waals surface area contributed by atoms with Crippen molar-refractivity contribution in [2.75, 3.05) is 5.32 Å².